The molecule has 0 spiro atoms. The molecule has 0 saturated heterocycles. The molecule has 2 aromatic rings. The largest absolute Gasteiger partial charge is 0.389 e. The van der Waals surface area contributed by atoms with Crippen molar-refractivity contribution in [2.45, 2.75) is 17.9 Å². The van der Waals surface area contributed by atoms with Crippen LogP contribution >= 0.6 is 43.2 Å². The Morgan fingerprint density at radius 3 is 2.50 bits per heavy atom. The molecule has 0 amide bonds. The summed E-state index contributed by atoms with van der Waals surface area (Å²) < 4.78 is 28.5. The minimum atomic E-state index is -3.71. The summed E-state index contributed by atoms with van der Waals surface area (Å²) >= 11 is 7.77. The molecule has 1 unspecified atom stereocenters. The van der Waals surface area contributed by atoms with Gasteiger partial charge in [0.2, 0.25) is 0 Å². The molecule has 0 aliphatic heterocycles. The van der Waals surface area contributed by atoms with E-state index < -0.39 is 16.1 Å². The predicted molar refractivity (Wildman–Crippen MR) is 87.6 cm³/mol. The van der Waals surface area contributed by atoms with Crippen LogP contribution in [0.4, 0.5) is 5.69 Å². The van der Waals surface area contributed by atoms with Gasteiger partial charge in [-0.2, -0.15) is 0 Å². The van der Waals surface area contributed by atoms with Crippen LogP contribution in [0.2, 0.25) is 0 Å². The monoisotopic (exact) mass is 439 g/mol. The van der Waals surface area contributed by atoms with E-state index in [0.29, 0.717) is 18.8 Å². The van der Waals surface area contributed by atoms with Crippen molar-refractivity contribution < 1.29 is 13.5 Å². The van der Waals surface area contributed by atoms with E-state index in [0.717, 1.165) is 0 Å². The zero-order valence-electron chi connectivity index (χ0n) is 10.3. The van der Waals surface area contributed by atoms with Gasteiger partial charge in [-0.1, -0.05) is 18.2 Å². The van der Waals surface area contributed by atoms with Gasteiger partial charge in [0.1, 0.15) is 4.90 Å². The summed E-state index contributed by atoms with van der Waals surface area (Å²) in [7, 11) is -3.71. The Labute approximate surface area is 138 Å². The lowest BCUT2D eigenvalue weighted by Crippen LogP contribution is -2.14. The zero-order valence-corrected chi connectivity index (χ0v) is 15.1. The van der Waals surface area contributed by atoms with Gasteiger partial charge in [0.25, 0.3) is 10.0 Å². The van der Waals surface area contributed by atoms with Gasteiger partial charge in [-0.25, -0.2) is 8.42 Å². The van der Waals surface area contributed by atoms with E-state index in [-0.39, 0.29) is 4.90 Å². The minimum Gasteiger partial charge on any atom is -0.389 e. The quantitative estimate of drug-likeness (QED) is 0.751. The van der Waals surface area contributed by atoms with E-state index in [1.165, 1.54) is 17.4 Å². The molecule has 0 radical (unpaired) electrons. The Morgan fingerprint density at radius 2 is 1.95 bits per heavy atom. The molecular weight excluding hydrogens is 430 g/mol. The highest BCUT2D eigenvalue weighted by Crippen LogP contribution is 2.36. The molecule has 0 aliphatic carbocycles. The maximum atomic E-state index is 12.4. The molecule has 1 aromatic heterocycles. The first-order chi connectivity index (χ1) is 9.31. The van der Waals surface area contributed by atoms with Crippen molar-refractivity contribution in [2.24, 2.45) is 0 Å². The summed E-state index contributed by atoms with van der Waals surface area (Å²) in [6.07, 6.45) is -0.758. The maximum Gasteiger partial charge on any atom is 0.263 e. The summed E-state index contributed by atoms with van der Waals surface area (Å²) in [6.45, 7) is 1.59. The molecule has 0 saturated carbocycles. The van der Waals surface area contributed by atoms with Crippen molar-refractivity contribution in [1.29, 1.82) is 0 Å². The number of aliphatic hydroxyl groups excluding tert-OH is 1. The molecule has 0 bridgehead atoms. The Bertz CT molecular complexity index is 726. The highest BCUT2D eigenvalue weighted by molar-refractivity contribution is 9.12. The number of anilines is 1. The second kappa shape index (κ2) is 6.15. The molecule has 108 valence electrons. The number of rotatable bonds is 4. The zero-order chi connectivity index (χ0) is 14.9. The van der Waals surface area contributed by atoms with E-state index in [1.54, 1.807) is 31.2 Å². The smallest absolute Gasteiger partial charge is 0.263 e. The average molecular weight is 441 g/mol. The lowest BCUT2D eigenvalue weighted by Gasteiger charge is -2.13. The van der Waals surface area contributed by atoms with Crippen LogP contribution in [0.15, 0.2) is 42.8 Å². The van der Waals surface area contributed by atoms with Gasteiger partial charge in [-0.15, -0.1) is 11.3 Å². The van der Waals surface area contributed by atoms with Crippen molar-refractivity contribution in [2.75, 3.05) is 4.72 Å². The van der Waals surface area contributed by atoms with Gasteiger partial charge in [0.15, 0.2) is 0 Å². The van der Waals surface area contributed by atoms with Crippen LogP contribution in [-0.4, -0.2) is 13.5 Å². The molecule has 1 aromatic carbocycles. The number of hydrogen-bond acceptors (Lipinski definition) is 4. The number of aliphatic hydroxyl groups is 1. The fourth-order valence-corrected chi connectivity index (χ4v) is 6.56. The first-order valence-electron chi connectivity index (χ1n) is 5.56. The standard InChI is InChI=1S/C12H11Br2NO3S2/c1-7(16)8-4-2-3-5-9(8)15-20(17,18)10-6-11(13)19-12(10)14/h2-7,15-16H,1H3. The second-order valence-electron chi connectivity index (χ2n) is 4.06. The van der Waals surface area contributed by atoms with Gasteiger partial charge in [0, 0.05) is 5.56 Å². The highest BCUT2D eigenvalue weighted by Gasteiger charge is 2.22. The van der Waals surface area contributed by atoms with Crippen molar-refractivity contribution in [3.8, 4) is 0 Å². The van der Waals surface area contributed by atoms with Crippen molar-refractivity contribution in [1.82, 2.24) is 0 Å². The number of thiophene rings is 1. The molecular formula is C12H11Br2NO3S2. The fraction of sp³-hybridized carbons (Fsp3) is 0.167. The van der Waals surface area contributed by atoms with Crippen molar-refractivity contribution >= 4 is 58.9 Å². The van der Waals surface area contributed by atoms with E-state index in [2.05, 4.69) is 36.6 Å². The highest BCUT2D eigenvalue weighted by atomic mass is 79.9. The Hall–Kier alpha value is -0.410. The van der Waals surface area contributed by atoms with Crippen LogP contribution in [0, 0.1) is 0 Å². The normalized spacial score (nSPS) is 13.2. The third kappa shape index (κ3) is 3.43. The van der Waals surface area contributed by atoms with E-state index >= 15 is 0 Å². The number of sulfonamides is 1. The third-order valence-electron chi connectivity index (χ3n) is 2.57. The average Bonchev–Trinajstić information content (AvgIpc) is 2.69. The fourth-order valence-electron chi connectivity index (χ4n) is 1.66. The van der Waals surface area contributed by atoms with Crippen molar-refractivity contribution in [3.63, 3.8) is 0 Å². The Morgan fingerprint density at radius 1 is 1.30 bits per heavy atom. The second-order valence-corrected chi connectivity index (χ2v) is 9.46. The number of para-hydroxylation sites is 1. The van der Waals surface area contributed by atoms with Crippen LogP contribution < -0.4 is 4.72 Å². The molecule has 1 atom stereocenters. The van der Waals surface area contributed by atoms with Crippen LogP contribution in [-0.2, 0) is 10.0 Å². The summed E-state index contributed by atoms with van der Waals surface area (Å²) in [5, 5.41) is 9.68. The lowest BCUT2D eigenvalue weighted by molar-refractivity contribution is 0.200. The molecule has 0 aliphatic rings. The molecule has 4 nitrogen and oxygen atoms in total. The van der Waals surface area contributed by atoms with Crippen LogP contribution in [0.1, 0.15) is 18.6 Å². The van der Waals surface area contributed by atoms with Gasteiger partial charge in [-0.05, 0) is 50.9 Å². The van der Waals surface area contributed by atoms with E-state index in [4.69, 9.17) is 0 Å². The van der Waals surface area contributed by atoms with Gasteiger partial charge in [-0.3, -0.25) is 4.72 Å². The van der Waals surface area contributed by atoms with Crippen LogP contribution in [0.25, 0.3) is 0 Å². The predicted octanol–water partition coefficient (Wildman–Crippen LogP) is 4.13. The van der Waals surface area contributed by atoms with Gasteiger partial charge in [0.05, 0.1) is 19.4 Å². The molecule has 2 rings (SSSR count). The molecule has 8 heteroatoms. The number of benzene rings is 1. The third-order valence-corrected chi connectivity index (χ3v) is 6.69. The summed E-state index contributed by atoms with van der Waals surface area (Å²) in [4.78, 5) is 0.162. The van der Waals surface area contributed by atoms with Crippen LogP contribution in [0.5, 0.6) is 0 Å². The summed E-state index contributed by atoms with van der Waals surface area (Å²) in [5.74, 6) is 0. The maximum absolute atomic E-state index is 12.4. The SMILES string of the molecule is CC(O)c1ccccc1NS(=O)(=O)c1cc(Br)sc1Br. The van der Waals surface area contributed by atoms with E-state index in [1.807, 2.05) is 0 Å². The van der Waals surface area contributed by atoms with Crippen molar-refractivity contribution in [3.05, 3.63) is 43.5 Å². The number of hydrogen-bond donors (Lipinski definition) is 2. The first-order valence-corrected chi connectivity index (χ1v) is 9.44. The van der Waals surface area contributed by atoms with E-state index in [9.17, 15) is 13.5 Å². The Balaban J connectivity index is 2.41. The number of halogens is 2. The summed E-state index contributed by atoms with van der Waals surface area (Å²) in [5.41, 5.74) is 0.901. The van der Waals surface area contributed by atoms with Crippen LogP contribution in [0.3, 0.4) is 0 Å². The lowest BCUT2D eigenvalue weighted by atomic mass is 10.1. The molecule has 1 heterocycles. The topological polar surface area (TPSA) is 66.4 Å². The molecule has 0 fully saturated rings. The molecule has 20 heavy (non-hydrogen) atoms. The first kappa shape index (κ1) is 16.0. The van der Waals surface area contributed by atoms with Gasteiger partial charge >= 0.3 is 0 Å². The minimum absolute atomic E-state index is 0.162. The summed E-state index contributed by atoms with van der Waals surface area (Å²) in [6, 6.07) is 8.29. The van der Waals surface area contributed by atoms with Gasteiger partial charge < -0.3 is 5.11 Å². The molecule has 2 N–H and O–H groups in total. The Kier molecular flexibility index (Phi) is 4.91. The number of nitrogens with one attached hydrogen (secondary N) is 1.